The smallest absolute Gasteiger partial charge is 0.267 e. The van der Waals surface area contributed by atoms with E-state index in [2.05, 4.69) is 44.5 Å². The first kappa shape index (κ1) is 17.1. The predicted molar refractivity (Wildman–Crippen MR) is 94.7 cm³/mol. The van der Waals surface area contributed by atoms with E-state index in [-0.39, 0.29) is 0 Å². The predicted octanol–water partition coefficient (Wildman–Crippen LogP) is 1.68. The summed E-state index contributed by atoms with van der Waals surface area (Å²) in [6.45, 7) is 2.93. The molecule has 3 N–H and O–H groups in total. The normalized spacial score (nSPS) is 17.7. The van der Waals surface area contributed by atoms with E-state index in [1.807, 2.05) is 6.07 Å². The average Bonchev–Trinajstić information content (AvgIpc) is 3.07. The van der Waals surface area contributed by atoms with Gasteiger partial charge in [-0.3, -0.25) is 19.9 Å². The molecule has 1 atom stereocenters. The quantitative estimate of drug-likeness (QED) is 0.421. The Morgan fingerprint density at radius 1 is 1.32 bits per heavy atom. The van der Waals surface area contributed by atoms with E-state index in [0.717, 1.165) is 26.1 Å². The van der Waals surface area contributed by atoms with Gasteiger partial charge >= 0.3 is 0 Å². The summed E-state index contributed by atoms with van der Waals surface area (Å²) in [7, 11) is 0. The average molecular weight is 339 g/mol. The van der Waals surface area contributed by atoms with Crippen molar-refractivity contribution in [2.45, 2.75) is 19.0 Å². The molecule has 0 bridgehead atoms. The molecular formula is C18H21N5O2. The number of nitrogens with one attached hydrogen (secondary N) is 2. The molecular weight excluding hydrogens is 318 g/mol. The van der Waals surface area contributed by atoms with E-state index in [0.29, 0.717) is 17.6 Å². The summed E-state index contributed by atoms with van der Waals surface area (Å²) in [5.41, 5.74) is 3.40. The van der Waals surface area contributed by atoms with Crippen molar-refractivity contribution in [1.82, 2.24) is 20.3 Å². The zero-order valence-corrected chi connectivity index (χ0v) is 13.8. The minimum absolute atomic E-state index is 0.318. The molecule has 1 saturated heterocycles. The molecule has 2 aromatic rings. The maximum atomic E-state index is 11.0. The molecule has 7 nitrogen and oxygen atoms in total. The highest BCUT2D eigenvalue weighted by Gasteiger charge is 2.22. The first-order valence-corrected chi connectivity index (χ1v) is 8.20. The number of amides is 1. The van der Waals surface area contributed by atoms with Gasteiger partial charge in [0.05, 0.1) is 18.1 Å². The van der Waals surface area contributed by atoms with Crippen LogP contribution in [-0.2, 0) is 11.3 Å². The molecule has 1 fully saturated rings. The number of hydrogen-bond acceptors (Lipinski definition) is 6. The van der Waals surface area contributed by atoms with Crippen LogP contribution >= 0.6 is 0 Å². The zero-order valence-electron chi connectivity index (χ0n) is 13.8. The first-order chi connectivity index (χ1) is 12.2. The van der Waals surface area contributed by atoms with Gasteiger partial charge in [-0.1, -0.05) is 30.3 Å². The summed E-state index contributed by atoms with van der Waals surface area (Å²) >= 11 is 0. The van der Waals surface area contributed by atoms with E-state index in [4.69, 9.17) is 5.21 Å². The molecule has 1 aromatic carbocycles. The van der Waals surface area contributed by atoms with Crippen LogP contribution in [0.25, 0.3) is 6.08 Å². The van der Waals surface area contributed by atoms with Gasteiger partial charge in [0.25, 0.3) is 5.91 Å². The van der Waals surface area contributed by atoms with Crippen molar-refractivity contribution in [1.29, 1.82) is 0 Å². The van der Waals surface area contributed by atoms with Crippen molar-refractivity contribution in [3.05, 3.63) is 60.1 Å². The largest absolute Gasteiger partial charge is 0.365 e. The number of carbonyl (C=O) groups is 1. The van der Waals surface area contributed by atoms with Gasteiger partial charge in [-0.05, 0) is 18.1 Å². The summed E-state index contributed by atoms with van der Waals surface area (Å²) in [6.07, 6.45) is 6.97. The molecule has 7 heteroatoms. The molecule has 0 spiro atoms. The third-order valence-corrected chi connectivity index (χ3v) is 4.04. The van der Waals surface area contributed by atoms with E-state index in [9.17, 15) is 4.79 Å². The molecule has 0 radical (unpaired) electrons. The third-order valence-electron chi connectivity index (χ3n) is 4.04. The van der Waals surface area contributed by atoms with E-state index >= 15 is 0 Å². The van der Waals surface area contributed by atoms with Gasteiger partial charge in [-0.15, -0.1) is 0 Å². The summed E-state index contributed by atoms with van der Waals surface area (Å²) in [5, 5.41) is 11.9. The Balaban J connectivity index is 1.54. The summed E-state index contributed by atoms with van der Waals surface area (Å²) in [4.78, 5) is 22.0. The summed E-state index contributed by atoms with van der Waals surface area (Å²) in [6, 6.07) is 10.8. The van der Waals surface area contributed by atoms with Crippen LogP contribution in [0.15, 0.2) is 48.8 Å². The van der Waals surface area contributed by atoms with Crippen molar-refractivity contribution >= 4 is 17.8 Å². The molecule has 1 aliphatic rings. The maximum absolute atomic E-state index is 11.0. The second-order valence-electron chi connectivity index (χ2n) is 5.99. The minimum Gasteiger partial charge on any atom is -0.365 e. The fourth-order valence-corrected chi connectivity index (χ4v) is 2.87. The Morgan fingerprint density at radius 3 is 2.96 bits per heavy atom. The number of likely N-dealkylation sites (tertiary alicyclic amines) is 1. The molecule has 3 rings (SSSR count). The number of aromatic nitrogens is 2. The highest BCUT2D eigenvalue weighted by Crippen LogP contribution is 2.17. The van der Waals surface area contributed by atoms with E-state index < -0.39 is 5.91 Å². The molecule has 1 aromatic heterocycles. The number of nitrogens with zero attached hydrogens (tertiary/aromatic N) is 3. The minimum atomic E-state index is -0.604. The van der Waals surface area contributed by atoms with Gasteiger partial charge < -0.3 is 5.32 Å². The van der Waals surface area contributed by atoms with Crippen molar-refractivity contribution in [2.24, 2.45) is 0 Å². The Kier molecular flexibility index (Phi) is 5.71. The number of rotatable bonds is 6. The van der Waals surface area contributed by atoms with Crippen LogP contribution in [0, 0.1) is 0 Å². The SMILES string of the molecule is O=C(C=Cc1cncc(N[C@@H]2CCN(Cc3ccccc3)C2)n1)NO. The van der Waals surface area contributed by atoms with Crippen molar-refractivity contribution in [2.75, 3.05) is 18.4 Å². The van der Waals surface area contributed by atoms with Gasteiger partial charge in [-0.25, -0.2) is 10.5 Å². The second-order valence-corrected chi connectivity index (χ2v) is 5.99. The van der Waals surface area contributed by atoms with E-state index in [1.165, 1.54) is 23.2 Å². The van der Waals surface area contributed by atoms with Crippen LogP contribution in [0.5, 0.6) is 0 Å². The Bertz CT molecular complexity index is 735. The lowest BCUT2D eigenvalue weighted by Crippen LogP contribution is -2.26. The standard InChI is InChI=1S/C18H21N5O2/c24-18(22-25)7-6-15-10-19-11-17(20-15)21-16-8-9-23(13-16)12-14-4-2-1-3-5-14/h1-7,10-11,16,25H,8-9,12-13H2,(H,20,21)(H,22,24)/t16-/m1/s1. The van der Waals surface area contributed by atoms with Crippen molar-refractivity contribution in [3.63, 3.8) is 0 Å². The number of carbonyl (C=O) groups excluding carboxylic acids is 1. The van der Waals surface area contributed by atoms with Gasteiger partial charge in [0.1, 0.15) is 5.82 Å². The highest BCUT2D eigenvalue weighted by atomic mass is 16.5. The summed E-state index contributed by atoms with van der Waals surface area (Å²) < 4.78 is 0. The second kappa shape index (κ2) is 8.36. The zero-order chi connectivity index (χ0) is 17.5. The Morgan fingerprint density at radius 2 is 2.16 bits per heavy atom. The van der Waals surface area contributed by atoms with Gasteiger partial charge in [-0.2, -0.15) is 0 Å². The first-order valence-electron chi connectivity index (χ1n) is 8.20. The number of benzene rings is 1. The number of anilines is 1. The maximum Gasteiger partial charge on any atom is 0.267 e. The molecule has 1 aliphatic heterocycles. The van der Waals surface area contributed by atoms with Crippen LogP contribution < -0.4 is 10.8 Å². The lowest BCUT2D eigenvalue weighted by molar-refractivity contribution is -0.124. The van der Waals surface area contributed by atoms with Gasteiger partial charge in [0.2, 0.25) is 0 Å². The monoisotopic (exact) mass is 339 g/mol. The number of hydrogen-bond donors (Lipinski definition) is 3. The topological polar surface area (TPSA) is 90.4 Å². The van der Waals surface area contributed by atoms with Crippen LogP contribution in [-0.4, -0.2) is 45.1 Å². The molecule has 0 saturated carbocycles. The molecule has 1 amide bonds. The lowest BCUT2D eigenvalue weighted by atomic mass is 10.2. The fourth-order valence-electron chi connectivity index (χ4n) is 2.87. The molecule has 130 valence electrons. The molecule has 25 heavy (non-hydrogen) atoms. The van der Waals surface area contributed by atoms with Gasteiger partial charge in [0, 0.05) is 31.8 Å². The van der Waals surface area contributed by atoms with Crippen molar-refractivity contribution in [3.8, 4) is 0 Å². The van der Waals surface area contributed by atoms with Crippen molar-refractivity contribution < 1.29 is 10.0 Å². The third kappa shape index (κ3) is 5.10. The summed E-state index contributed by atoms with van der Waals surface area (Å²) in [5.74, 6) is 0.0747. The van der Waals surface area contributed by atoms with Crippen LogP contribution in [0.3, 0.4) is 0 Å². The van der Waals surface area contributed by atoms with Crippen LogP contribution in [0.2, 0.25) is 0 Å². The molecule has 0 unspecified atom stereocenters. The van der Waals surface area contributed by atoms with E-state index in [1.54, 1.807) is 12.4 Å². The molecule has 0 aliphatic carbocycles. The van der Waals surface area contributed by atoms with Gasteiger partial charge in [0.15, 0.2) is 0 Å². The highest BCUT2D eigenvalue weighted by molar-refractivity contribution is 5.90. The lowest BCUT2D eigenvalue weighted by Gasteiger charge is -2.17. The fraction of sp³-hybridized carbons (Fsp3) is 0.278. The van der Waals surface area contributed by atoms with Crippen LogP contribution in [0.4, 0.5) is 5.82 Å². The number of hydroxylamine groups is 1. The Labute approximate surface area is 146 Å². The molecule has 2 heterocycles. The Hall–Kier alpha value is -2.77. The van der Waals surface area contributed by atoms with Crippen LogP contribution in [0.1, 0.15) is 17.7 Å².